The lowest BCUT2D eigenvalue weighted by atomic mass is 10.2. The van der Waals surface area contributed by atoms with Gasteiger partial charge < -0.3 is 14.6 Å². The van der Waals surface area contributed by atoms with E-state index in [9.17, 15) is 4.79 Å². The number of fused-ring (bicyclic) bond motifs is 3. The number of carbonyl (C=O) groups excluding carboxylic acids is 1. The number of benzene rings is 2. The van der Waals surface area contributed by atoms with Crippen LogP contribution in [0.15, 0.2) is 42.5 Å². The van der Waals surface area contributed by atoms with Crippen molar-refractivity contribution in [3.63, 3.8) is 0 Å². The Morgan fingerprint density at radius 3 is 2.92 bits per heavy atom. The van der Waals surface area contributed by atoms with Crippen molar-refractivity contribution in [2.24, 2.45) is 0 Å². The van der Waals surface area contributed by atoms with Crippen LogP contribution in [0.1, 0.15) is 27.8 Å². The fraction of sp³-hybridized carbons (Fsp3) is 0.263. The number of nitrogens with zero attached hydrogens (tertiary/aromatic N) is 2. The van der Waals surface area contributed by atoms with Gasteiger partial charge in [0.2, 0.25) is 0 Å². The molecule has 2 heterocycles. The molecule has 1 atom stereocenters. The van der Waals surface area contributed by atoms with Crippen LogP contribution in [0.25, 0.3) is 11.0 Å². The minimum Gasteiger partial charge on any atom is -0.371 e. The normalized spacial score (nSPS) is 16.6. The van der Waals surface area contributed by atoms with E-state index in [2.05, 4.69) is 28.9 Å². The van der Waals surface area contributed by atoms with E-state index >= 15 is 0 Å². The summed E-state index contributed by atoms with van der Waals surface area (Å²) < 4.78 is 7.87. The van der Waals surface area contributed by atoms with Crippen molar-refractivity contribution in [1.82, 2.24) is 14.9 Å². The van der Waals surface area contributed by atoms with E-state index in [0.717, 1.165) is 22.4 Å². The smallest absolute Gasteiger partial charge is 0.251 e. The molecule has 1 amide bonds. The molecule has 0 saturated carbocycles. The summed E-state index contributed by atoms with van der Waals surface area (Å²) >= 11 is 5.87. The van der Waals surface area contributed by atoms with Crippen molar-refractivity contribution in [2.75, 3.05) is 13.2 Å². The average molecular weight is 356 g/mol. The summed E-state index contributed by atoms with van der Waals surface area (Å²) in [6.07, 6.45) is 0. The molecular formula is C19H18ClN3O2. The predicted octanol–water partition coefficient (Wildman–Crippen LogP) is 3.50. The molecule has 3 aromatic rings. The molecule has 1 N–H and O–H groups in total. The number of para-hydroxylation sites is 1. The maximum absolute atomic E-state index is 12.3. The summed E-state index contributed by atoms with van der Waals surface area (Å²) in [5.74, 6) is 0.783. The van der Waals surface area contributed by atoms with Gasteiger partial charge >= 0.3 is 0 Å². The van der Waals surface area contributed by atoms with Gasteiger partial charge in [0.25, 0.3) is 5.91 Å². The summed E-state index contributed by atoms with van der Waals surface area (Å²) in [7, 11) is 0. The Labute approximate surface area is 150 Å². The summed E-state index contributed by atoms with van der Waals surface area (Å²) in [6, 6.07) is 13.0. The van der Waals surface area contributed by atoms with Gasteiger partial charge in [-0.1, -0.05) is 23.7 Å². The lowest BCUT2D eigenvalue weighted by molar-refractivity contribution is 0.0553. The van der Waals surface area contributed by atoms with Crippen molar-refractivity contribution < 1.29 is 9.53 Å². The Kier molecular flexibility index (Phi) is 4.19. The van der Waals surface area contributed by atoms with Crippen molar-refractivity contribution in [2.45, 2.75) is 19.6 Å². The first-order valence-corrected chi connectivity index (χ1v) is 8.59. The highest BCUT2D eigenvalue weighted by molar-refractivity contribution is 6.30. The number of imidazole rings is 1. The van der Waals surface area contributed by atoms with Gasteiger partial charge in [-0.25, -0.2) is 4.98 Å². The van der Waals surface area contributed by atoms with Gasteiger partial charge in [0.1, 0.15) is 12.4 Å². The van der Waals surface area contributed by atoms with Crippen molar-refractivity contribution in [3.05, 3.63) is 64.4 Å². The number of hydrogen-bond acceptors (Lipinski definition) is 3. The zero-order chi connectivity index (χ0) is 17.4. The molecule has 1 aromatic heterocycles. The molecule has 128 valence electrons. The third-order valence-corrected chi connectivity index (χ3v) is 4.76. The minimum atomic E-state index is -0.121. The lowest BCUT2D eigenvalue weighted by Gasteiger charge is -2.26. The second-order valence-electron chi connectivity index (χ2n) is 6.23. The van der Waals surface area contributed by atoms with Gasteiger partial charge in [0.15, 0.2) is 0 Å². The first kappa shape index (κ1) is 16.1. The van der Waals surface area contributed by atoms with Crippen LogP contribution in [-0.2, 0) is 11.3 Å². The molecular weight excluding hydrogens is 338 g/mol. The second-order valence-corrected chi connectivity index (χ2v) is 6.66. The first-order valence-electron chi connectivity index (χ1n) is 8.21. The Hall–Kier alpha value is -2.37. The Morgan fingerprint density at radius 1 is 1.32 bits per heavy atom. The number of nitrogens with one attached hydrogen (secondary N) is 1. The predicted molar refractivity (Wildman–Crippen MR) is 96.9 cm³/mol. The molecule has 1 aliphatic rings. The summed E-state index contributed by atoms with van der Waals surface area (Å²) in [6.45, 7) is 3.58. The number of carbonyl (C=O) groups is 1. The third kappa shape index (κ3) is 3.01. The summed E-state index contributed by atoms with van der Waals surface area (Å²) in [5, 5.41) is 3.60. The van der Waals surface area contributed by atoms with E-state index < -0.39 is 0 Å². The maximum atomic E-state index is 12.3. The molecule has 1 aliphatic heterocycles. The van der Waals surface area contributed by atoms with E-state index in [1.54, 1.807) is 24.3 Å². The maximum Gasteiger partial charge on any atom is 0.251 e. The molecule has 0 radical (unpaired) electrons. The molecule has 0 fully saturated rings. The highest BCUT2D eigenvalue weighted by atomic mass is 35.5. The average Bonchev–Trinajstić information content (AvgIpc) is 3.01. The quantitative estimate of drug-likeness (QED) is 0.782. The summed E-state index contributed by atoms with van der Waals surface area (Å²) in [5.41, 5.74) is 3.82. The number of halogens is 1. The summed E-state index contributed by atoms with van der Waals surface area (Å²) in [4.78, 5) is 17.1. The lowest BCUT2D eigenvalue weighted by Crippen LogP contribution is -2.35. The van der Waals surface area contributed by atoms with Gasteiger partial charge in [-0.15, -0.1) is 0 Å². The van der Waals surface area contributed by atoms with E-state index in [1.165, 1.54) is 0 Å². The van der Waals surface area contributed by atoms with Crippen LogP contribution in [-0.4, -0.2) is 28.6 Å². The van der Waals surface area contributed by atoms with Gasteiger partial charge in [-0.05, 0) is 42.8 Å². The van der Waals surface area contributed by atoms with Crippen LogP contribution in [0.3, 0.4) is 0 Å². The van der Waals surface area contributed by atoms with Crippen LogP contribution in [0.2, 0.25) is 5.02 Å². The largest absolute Gasteiger partial charge is 0.371 e. The molecule has 5 nitrogen and oxygen atoms in total. The SMILES string of the molecule is Cc1cccc2c1nc1n2C(CNC(=O)c2ccc(Cl)cc2)COC1. The van der Waals surface area contributed by atoms with Crippen LogP contribution < -0.4 is 5.32 Å². The monoisotopic (exact) mass is 355 g/mol. The number of ether oxygens (including phenoxy) is 1. The van der Waals surface area contributed by atoms with Gasteiger partial charge in [0.05, 0.1) is 23.7 Å². The van der Waals surface area contributed by atoms with Crippen LogP contribution in [0, 0.1) is 6.92 Å². The molecule has 0 bridgehead atoms. The van der Waals surface area contributed by atoms with Crippen LogP contribution in [0.5, 0.6) is 0 Å². The molecule has 0 saturated heterocycles. The molecule has 4 rings (SSSR count). The van der Waals surface area contributed by atoms with Gasteiger partial charge in [0, 0.05) is 17.1 Å². The van der Waals surface area contributed by atoms with E-state index in [1.807, 2.05) is 6.07 Å². The number of aromatic nitrogens is 2. The van der Waals surface area contributed by atoms with Crippen molar-refractivity contribution in [1.29, 1.82) is 0 Å². The fourth-order valence-corrected chi connectivity index (χ4v) is 3.37. The number of aryl methyl sites for hydroxylation is 1. The van der Waals surface area contributed by atoms with Crippen molar-refractivity contribution >= 4 is 28.5 Å². The van der Waals surface area contributed by atoms with Crippen molar-refractivity contribution in [3.8, 4) is 0 Å². The van der Waals surface area contributed by atoms with Gasteiger partial charge in [-0.3, -0.25) is 4.79 Å². The van der Waals surface area contributed by atoms with E-state index in [-0.39, 0.29) is 11.9 Å². The highest BCUT2D eigenvalue weighted by Gasteiger charge is 2.25. The molecule has 1 unspecified atom stereocenters. The Balaban J connectivity index is 1.57. The first-order chi connectivity index (χ1) is 12.1. The van der Waals surface area contributed by atoms with Gasteiger partial charge in [-0.2, -0.15) is 0 Å². The number of rotatable bonds is 3. The van der Waals surface area contributed by atoms with E-state index in [0.29, 0.717) is 30.3 Å². The fourth-order valence-electron chi connectivity index (χ4n) is 3.24. The third-order valence-electron chi connectivity index (χ3n) is 4.51. The zero-order valence-electron chi connectivity index (χ0n) is 13.8. The minimum absolute atomic E-state index is 0.0202. The standard InChI is InChI=1S/C19H18ClN3O2/c1-12-3-2-4-16-18(12)22-17-11-25-10-15(23(16)17)9-21-19(24)13-5-7-14(20)8-6-13/h2-8,15H,9-11H2,1H3,(H,21,24). The zero-order valence-corrected chi connectivity index (χ0v) is 14.6. The second kappa shape index (κ2) is 6.50. The Morgan fingerprint density at radius 2 is 2.12 bits per heavy atom. The molecule has 6 heteroatoms. The number of amides is 1. The van der Waals surface area contributed by atoms with Crippen LogP contribution in [0.4, 0.5) is 0 Å². The van der Waals surface area contributed by atoms with Crippen LogP contribution >= 0.6 is 11.6 Å². The molecule has 25 heavy (non-hydrogen) atoms. The highest BCUT2D eigenvalue weighted by Crippen LogP contribution is 2.27. The number of hydrogen-bond donors (Lipinski definition) is 1. The molecule has 2 aromatic carbocycles. The molecule has 0 spiro atoms. The van der Waals surface area contributed by atoms with E-state index in [4.69, 9.17) is 21.3 Å². The molecule has 0 aliphatic carbocycles. The Bertz CT molecular complexity index is 934. The topological polar surface area (TPSA) is 56.2 Å².